The Balaban J connectivity index is 2.22. The zero-order chi connectivity index (χ0) is 15.7. The van der Waals surface area contributed by atoms with Crippen LogP contribution in [0, 0.1) is 0 Å². The van der Waals surface area contributed by atoms with Gasteiger partial charge in [0.25, 0.3) is 0 Å². The Morgan fingerprint density at radius 3 is 2.57 bits per heavy atom. The molecule has 0 amide bonds. The van der Waals surface area contributed by atoms with Crippen LogP contribution in [0.15, 0.2) is 23.2 Å². The third-order valence-corrected chi connectivity index (χ3v) is 6.63. The van der Waals surface area contributed by atoms with E-state index in [1.807, 2.05) is 0 Å². The molecule has 7 nitrogen and oxygen atoms in total. The van der Waals surface area contributed by atoms with Crippen LogP contribution in [0.4, 0.5) is 0 Å². The Morgan fingerprint density at radius 2 is 2.00 bits per heavy atom. The summed E-state index contributed by atoms with van der Waals surface area (Å²) < 4.78 is 49.9. The SMILES string of the molecule is NC(=S)c1ncccc1S(=O)(=O)NC1CCS(=O)(=O)CC1. The van der Waals surface area contributed by atoms with E-state index in [0.717, 1.165) is 0 Å². The fourth-order valence-electron chi connectivity index (χ4n) is 2.08. The van der Waals surface area contributed by atoms with Crippen molar-refractivity contribution in [1.82, 2.24) is 9.71 Å². The van der Waals surface area contributed by atoms with Crippen molar-refractivity contribution in [2.24, 2.45) is 5.73 Å². The molecule has 10 heteroatoms. The van der Waals surface area contributed by atoms with E-state index >= 15 is 0 Å². The molecule has 0 aromatic carbocycles. The normalized spacial score (nSPS) is 19.2. The van der Waals surface area contributed by atoms with Gasteiger partial charge < -0.3 is 5.73 Å². The number of sulfone groups is 1. The quantitative estimate of drug-likeness (QED) is 0.708. The van der Waals surface area contributed by atoms with E-state index in [2.05, 4.69) is 9.71 Å². The maximum atomic E-state index is 12.4. The molecule has 116 valence electrons. The van der Waals surface area contributed by atoms with E-state index in [1.165, 1.54) is 18.3 Å². The molecule has 1 aromatic heterocycles. The number of nitrogens with two attached hydrogens (primary N) is 1. The lowest BCUT2D eigenvalue weighted by molar-refractivity contribution is 0.505. The smallest absolute Gasteiger partial charge is 0.243 e. The summed E-state index contributed by atoms with van der Waals surface area (Å²) in [5, 5.41) is 0. The number of pyridine rings is 1. The molecule has 0 aliphatic carbocycles. The fourth-order valence-corrected chi connectivity index (χ4v) is 5.28. The summed E-state index contributed by atoms with van der Waals surface area (Å²) in [4.78, 5) is 3.68. The molecule has 0 radical (unpaired) electrons. The van der Waals surface area contributed by atoms with Crippen LogP contribution in [0.5, 0.6) is 0 Å². The minimum absolute atomic E-state index is 0.0185. The molecular weight excluding hydrogens is 334 g/mol. The molecular formula is C11H15N3O4S3. The van der Waals surface area contributed by atoms with Gasteiger partial charge in [0.05, 0.1) is 11.5 Å². The highest BCUT2D eigenvalue weighted by atomic mass is 32.2. The lowest BCUT2D eigenvalue weighted by Gasteiger charge is -2.23. The van der Waals surface area contributed by atoms with Gasteiger partial charge in [-0.05, 0) is 25.0 Å². The highest BCUT2D eigenvalue weighted by Gasteiger charge is 2.29. The number of hydrogen-bond acceptors (Lipinski definition) is 6. The third kappa shape index (κ3) is 3.96. The summed E-state index contributed by atoms with van der Waals surface area (Å²) in [6, 6.07) is 2.42. The van der Waals surface area contributed by atoms with Crippen LogP contribution in [0.25, 0.3) is 0 Å². The first kappa shape index (κ1) is 16.3. The molecule has 0 atom stereocenters. The Kier molecular flexibility index (Phi) is 4.61. The second-order valence-electron chi connectivity index (χ2n) is 4.76. The number of aromatic nitrogens is 1. The highest BCUT2D eigenvalue weighted by molar-refractivity contribution is 7.91. The van der Waals surface area contributed by atoms with E-state index in [0.29, 0.717) is 0 Å². The van der Waals surface area contributed by atoms with Gasteiger partial charge in [0.15, 0.2) is 0 Å². The standard InChI is InChI=1S/C11H15N3O4S3/c12-11(19)10-9(2-1-5-13-10)21(17,18)14-8-3-6-20(15,16)7-4-8/h1-2,5,8,14H,3-4,6-7H2,(H2,12,19). The summed E-state index contributed by atoms with van der Waals surface area (Å²) >= 11 is 4.80. The lowest BCUT2D eigenvalue weighted by Crippen LogP contribution is -2.41. The van der Waals surface area contributed by atoms with Crippen molar-refractivity contribution in [3.63, 3.8) is 0 Å². The minimum atomic E-state index is -3.85. The van der Waals surface area contributed by atoms with Crippen molar-refractivity contribution < 1.29 is 16.8 Å². The van der Waals surface area contributed by atoms with E-state index in [-0.39, 0.29) is 39.9 Å². The Bertz CT molecular complexity index is 745. The zero-order valence-corrected chi connectivity index (χ0v) is 13.5. The van der Waals surface area contributed by atoms with Gasteiger partial charge in [-0.3, -0.25) is 4.98 Å². The van der Waals surface area contributed by atoms with Crippen LogP contribution < -0.4 is 10.5 Å². The van der Waals surface area contributed by atoms with Gasteiger partial charge in [0, 0.05) is 12.2 Å². The van der Waals surface area contributed by atoms with E-state index in [9.17, 15) is 16.8 Å². The van der Waals surface area contributed by atoms with E-state index in [1.54, 1.807) is 0 Å². The van der Waals surface area contributed by atoms with Crippen LogP contribution in [-0.4, -0.2) is 44.4 Å². The van der Waals surface area contributed by atoms with Gasteiger partial charge in [-0.2, -0.15) is 0 Å². The van der Waals surface area contributed by atoms with E-state index < -0.39 is 25.9 Å². The number of rotatable bonds is 4. The fraction of sp³-hybridized carbons (Fsp3) is 0.455. The average molecular weight is 349 g/mol. The Morgan fingerprint density at radius 1 is 1.38 bits per heavy atom. The number of hydrogen-bond donors (Lipinski definition) is 2. The zero-order valence-electron chi connectivity index (χ0n) is 11.0. The maximum absolute atomic E-state index is 12.4. The van der Waals surface area contributed by atoms with Crippen LogP contribution in [0.3, 0.4) is 0 Å². The predicted molar refractivity (Wildman–Crippen MR) is 82.1 cm³/mol. The van der Waals surface area contributed by atoms with Crippen molar-refractivity contribution in [2.45, 2.75) is 23.8 Å². The van der Waals surface area contributed by atoms with Crippen molar-refractivity contribution in [3.05, 3.63) is 24.0 Å². The Hall–Kier alpha value is -1.10. The Labute approximate surface area is 128 Å². The summed E-state index contributed by atoms with van der Waals surface area (Å²) in [5.74, 6) is -0.0369. The summed E-state index contributed by atoms with van der Waals surface area (Å²) in [6.07, 6.45) is 1.91. The predicted octanol–water partition coefficient (Wildman–Crippen LogP) is -0.429. The molecule has 1 aliphatic rings. The van der Waals surface area contributed by atoms with Gasteiger partial charge in [0.1, 0.15) is 25.4 Å². The van der Waals surface area contributed by atoms with Crippen LogP contribution >= 0.6 is 12.2 Å². The molecule has 0 unspecified atom stereocenters. The molecule has 1 aromatic rings. The number of nitrogens with one attached hydrogen (secondary N) is 1. The lowest BCUT2D eigenvalue weighted by atomic mass is 10.2. The number of sulfonamides is 1. The summed E-state index contributed by atoms with van der Waals surface area (Å²) in [6.45, 7) is 0. The molecule has 1 fully saturated rings. The largest absolute Gasteiger partial charge is 0.388 e. The molecule has 2 heterocycles. The van der Waals surface area contributed by atoms with Crippen molar-refractivity contribution >= 4 is 37.1 Å². The maximum Gasteiger partial charge on any atom is 0.243 e. The topological polar surface area (TPSA) is 119 Å². The molecule has 21 heavy (non-hydrogen) atoms. The van der Waals surface area contributed by atoms with Crippen molar-refractivity contribution in [2.75, 3.05) is 11.5 Å². The number of thiocarbonyl (C=S) groups is 1. The summed E-state index contributed by atoms with van der Waals surface area (Å²) in [7, 11) is -6.89. The molecule has 2 rings (SSSR count). The first-order chi connectivity index (χ1) is 9.71. The van der Waals surface area contributed by atoms with Crippen molar-refractivity contribution in [3.8, 4) is 0 Å². The number of nitrogens with zero attached hydrogens (tertiary/aromatic N) is 1. The third-order valence-electron chi connectivity index (χ3n) is 3.17. The molecule has 0 spiro atoms. The van der Waals surface area contributed by atoms with Crippen LogP contribution in [0.1, 0.15) is 18.5 Å². The van der Waals surface area contributed by atoms with Gasteiger partial charge in [0.2, 0.25) is 10.0 Å². The van der Waals surface area contributed by atoms with Gasteiger partial charge in [-0.25, -0.2) is 21.6 Å². The van der Waals surface area contributed by atoms with Crippen LogP contribution in [0.2, 0.25) is 0 Å². The minimum Gasteiger partial charge on any atom is -0.388 e. The summed E-state index contributed by atoms with van der Waals surface area (Å²) in [5.41, 5.74) is 5.51. The van der Waals surface area contributed by atoms with Gasteiger partial charge in [-0.15, -0.1) is 0 Å². The van der Waals surface area contributed by atoms with E-state index in [4.69, 9.17) is 18.0 Å². The molecule has 1 saturated heterocycles. The highest BCUT2D eigenvalue weighted by Crippen LogP contribution is 2.18. The van der Waals surface area contributed by atoms with Crippen LogP contribution in [-0.2, 0) is 19.9 Å². The van der Waals surface area contributed by atoms with Gasteiger partial charge in [-0.1, -0.05) is 12.2 Å². The first-order valence-electron chi connectivity index (χ1n) is 6.19. The average Bonchev–Trinajstić information content (AvgIpc) is 2.41. The first-order valence-corrected chi connectivity index (χ1v) is 9.90. The molecule has 1 aliphatic heterocycles. The molecule has 0 saturated carbocycles. The van der Waals surface area contributed by atoms with Crippen molar-refractivity contribution in [1.29, 1.82) is 0 Å². The second kappa shape index (κ2) is 5.95. The molecule has 0 bridgehead atoms. The van der Waals surface area contributed by atoms with Gasteiger partial charge >= 0.3 is 0 Å². The molecule has 3 N–H and O–H groups in total. The second-order valence-corrected chi connectivity index (χ2v) is 9.19. The monoisotopic (exact) mass is 349 g/mol.